The maximum atomic E-state index is 11.9. The Morgan fingerprint density at radius 1 is 1.25 bits per heavy atom. The monoisotopic (exact) mass is 413 g/mol. The molecule has 0 bridgehead atoms. The summed E-state index contributed by atoms with van der Waals surface area (Å²) in [6.45, 7) is 3.54. The Hall–Kier alpha value is -2.50. The Balaban J connectivity index is 1.75. The number of thiophene rings is 1. The quantitative estimate of drug-likeness (QED) is 0.575. The SMILES string of the molecule is CC(=O)N1CCOc2c(cc(-c3cccc(Cl)c3)cc2OCc2ccsc2)C1. The molecule has 0 saturated heterocycles. The van der Waals surface area contributed by atoms with E-state index < -0.39 is 0 Å². The second-order valence-electron chi connectivity index (χ2n) is 6.68. The minimum absolute atomic E-state index is 0.0327. The van der Waals surface area contributed by atoms with E-state index in [1.54, 1.807) is 23.2 Å². The molecule has 6 heteroatoms. The summed E-state index contributed by atoms with van der Waals surface area (Å²) in [6, 6.07) is 13.8. The molecule has 4 rings (SSSR count). The molecule has 28 heavy (non-hydrogen) atoms. The molecule has 144 valence electrons. The zero-order valence-corrected chi connectivity index (χ0v) is 17.1. The fraction of sp³-hybridized carbons (Fsp3) is 0.227. The summed E-state index contributed by atoms with van der Waals surface area (Å²) in [5.41, 5.74) is 4.03. The van der Waals surface area contributed by atoms with E-state index in [2.05, 4.69) is 11.4 Å². The van der Waals surface area contributed by atoms with Crippen molar-refractivity contribution in [1.82, 2.24) is 4.90 Å². The topological polar surface area (TPSA) is 38.8 Å². The average Bonchev–Trinajstić information content (AvgIpc) is 3.10. The van der Waals surface area contributed by atoms with E-state index in [0.29, 0.717) is 42.8 Å². The number of fused-ring (bicyclic) bond motifs is 1. The number of halogens is 1. The molecular weight excluding hydrogens is 394 g/mol. The molecule has 0 radical (unpaired) electrons. The Morgan fingerprint density at radius 2 is 2.14 bits per heavy atom. The summed E-state index contributed by atoms with van der Waals surface area (Å²) >= 11 is 7.83. The first kappa shape index (κ1) is 18.8. The van der Waals surface area contributed by atoms with Gasteiger partial charge in [0.1, 0.15) is 13.2 Å². The molecule has 1 aliphatic rings. The van der Waals surface area contributed by atoms with Crippen molar-refractivity contribution in [2.45, 2.75) is 20.1 Å². The maximum absolute atomic E-state index is 11.9. The number of carbonyl (C=O) groups is 1. The first-order valence-electron chi connectivity index (χ1n) is 9.05. The average molecular weight is 414 g/mol. The van der Waals surface area contributed by atoms with Gasteiger partial charge in [-0.3, -0.25) is 4.79 Å². The van der Waals surface area contributed by atoms with E-state index in [9.17, 15) is 4.79 Å². The molecule has 2 heterocycles. The molecule has 4 nitrogen and oxygen atoms in total. The van der Waals surface area contributed by atoms with Gasteiger partial charge in [0.25, 0.3) is 0 Å². The van der Waals surface area contributed by atoms with Gasteiger partial charge in [-0.25, -0.2) is 0 Å². The predicted octanol–water partition coefficient (Wildman–Crippen LogP) is 5.39. The van der Waals surface area contributed by atoms with Crippen molar-refractivity contribution in [2.75, 3.05) is 13.2 Å². The summed E-state index contributed by atoms with van der Waals surface area (Å²) in [5.74, 6) is 1.43. The van der Waals surface area contributed by atoms with Crippen molar-refractivity contribution in [3.05, 3.63) is 69.4 Å². The molecule has 0 unspecified atom stereocenters. The lowest BCUT2D eigenvalue weighted by Gasteiger charge is -2.18. The van der Waals surface area contributed by atoms with Gasteiger partial charge in [-0.1, -0.05) is 23.7 Å². The fourth-order valence-corrected chi connectivity index (χ4v) is 4.07. The second kappa shape index (κ2) is 8.25. The highest BCUT2D eigenvalue weighted by atomic mass is 35.5. The van der Waals surface area contributed by atoms with Gasteiger partial charge in [-0.15, -0.1) is 0 Å². The zero-order valence-electron chi connectivity index (χ0n) is 15.5. The van der Waals surface area contributed by atoms with Crippen LogP contribution in [0.5, 0.6) is 11.5 Å². The highest BCUT2D eigenvalue weighted by Gasteiger charge is 2.22. The van der Waals surface area contributed by atoms with Crippen LogP contribution in [0.25, 0.3) is 11.1 Å². The van der Waals surface area contributed by atoms with E-state index in [1.807, 2.05) is 41.8 Å². The lowest BCUT2D eigenvalue weighted by atomic mass is 10.0. The second-order valence-corrected chi connectivity index (χ2v) is 7.90. The van der Waals surface area contributed by atoms with Crippen LogP contribution in [0, 0.1) is 0 Å². The van der Waals surface area contributed by atoms with Gasteiger partial charge < -0.3 is 14.4 Å². The fourth-order valence-electron chi connectivity index (χ4n) is 3.23. The van der Waals surface area contributed by atoms with Crippen LogP contribution >= 0.6 is 22.9 Å². The van der Waals surface area contributed by atoms with Crippen LogP contribution < -0.4 is 9.47 Å². The van der Waals surface area contributed by atoms with Crippen molar-refractivity contribution in [1.29, 1.82) is 0 Å². The van der Waals surface area contributed by atoms with Crippen LogP contribution in [0.3, 0.4) is 0 Å². The van der Waals surface area contributed by atoms with E-state index in [4.69, 9.17) is 21.1 Å². The summed E-state index contributed by atoms with van der Waals surface area (Å²) in [5, 5.41) is 4.77. The molecule has 3 aromatic rings. The van der Waals surface area contributed by atoms with Gasteiger partial charge in [0.15, 0.2) is 11.5 Å². The normalized spacial score (nSPS) is 13.4. The number of benzene rings is 2. The summed E-state index contributed by atoms with van der Waals surface area (Å²) in [4.78, 5) is 13.7. The van der Waals surface area contributed by atoms with Crippen molar-refractivity contribution >= 4 is 28.8 Å². The van der Waals surface area contributed by atoms with E-state index in [0.717, 1.165) is 22.3 Å². The molecule has 0 spiro atoms. The van der Waals surface area contributed by atoms with Crippen LogP contribution in [-0.4, -0.2) is 24.0 Å². The van der Waals surface area contributed by atoms with E-state index >= 15 is 0 Å². The summed E-state index contributed by atoms with van der Waals surface area (Å²) in [7, 11) is 0. The van der Waals surface area contributed by atoms with Crippen molar-refractivity contribution in [3.8, 4) is 22.6 Å². The summed E-state index contributed by atoms with van der Waals surface area (Å²) < 4.78 is 12.1. The van der Waals surface area contributed by atoms with Gasteiger partial charge >= 0.3 is 0 Å². The number of amides is 1. The third-order valence-corrected chi connectivity index (χ3v) is 5.65. The minimum atomic E-state index is 0.0327. The first-order valence-corrected chi connectivity index (χ1v) is 10.4. The predicted molar refractivity (Wildman–Crippen MR) is 112 cm³/mol. The molecule has 0 saturated carbocycles. The highest BCUT2D eigenvalue weighted by molar-refractivity contribution is 7.07. The lowest BCUT2D eigenvalue weighted by molar-refractivity contribution is -0.129. The van der Waals surface area contributed by atoms with Crippen LogP contribution in [-0.2, 0) is 17.9 Å². The van der Waals surface area contributed by atoms with Gasteiger partial charge in [0.05, 0.1) is 6.54 Å². The molecule has 1 aliphatic heterocycles. The van der Waals surface area contributed by atoms with Crippen molar-refractivity contribution in [2.24, 2.45) is 0 Å². The van der Waals surface area contributed by atoms with Gasteiger partial charge in [0.2, 0.25) is 5.91 Å². The number of ether oxygens (including phenoxy) is 2. The minimum Gasteiger partial charge on any atom is -0.487 e. The van der Waals surface area contributed by atoms with Crippen molar-refractivity contribution in [3.63, 3.8) is 0 Å². The Morgan fingerprint density at radius 3 is 2.89 bits per heavy atom. The first-order chi connectivity index (χ1) is 13.6. The lowest BCUT2D eigenvalue weighted by Crippen LogP contribution is -2.30. The van der Waals surface area contributed by atoms with Gasteiger partial charge in [-0.2, -0.15) is 11.3 Å². The number of rotatable bonds is 4. The largest absolute Gasteiger partial charge is 0.487 e. The van der Waals surface area contributed by atoms with Crippen LogP contribution in [0.15, 0.2) is 53.2 Å². The standard InChI is InChI=1S/C22H20ClNO3S/c1-15(25)24-6-7-26-22-19(12-24)9-18(17-3-2-4-20(23)10-17)11-21(22)27-13-16-5-8-28-14-16/h2-5,8-11,14H,6-7,12-13H2,1H3. The number of nitrogens with zero attached hydrogens (tertiary/aromatic N) is 1. The highest BCUT2D eigenvalue weighted by Crippen LogP contribution is 2.39. The number of hydrogen-bond acceptors (Lipinski definition) is 4. The Bertz CT molecular complexity index is 987. The molecule has 0 fully saturated rings. The molecule has 0 atom stereocenters. The smallest absolute Gasteiger partial charge is 0.219 e. The summed E-state index contributed by atoms with van der Waals surface area (Å²) in [6.07, 6.45) is 0. The van der Waals surface area contributed by atoms with Crippen molar-refractivity contribution < 1.29 is 14.3 Å². The van der Waals surface area contributed by atoms with Gasteiger partial charge in [-0.05, 0) is 57.8 Å². The maximum Gasteiger partial charge on any atom is 0.219 e. The van der Waals surface area contributed by atoms with Crippen LogP contribution in [0.1, 0.15) is 18.1 Å². The molecule has 0 N–H and O–H groups in total. The third-order valence-electron chi connectivity index (χ3n) is 4.68. The number of carbonyl (C=O) groups excluding carboxylic acids is 1. The Kier molecular flexibility index (Phi) is 5.55. The Labute approximate surface area is 173 Å². The van der Waals surface area contributed by atoms with Crippen LogP contribution in [0.4, 0.5) is 0 Å². The third kappa shape index (κ3) is 4.16. The molecular formula is C22H20ClNO3S. The number of hydrogen-bond donors (Lipinski definition) is 0. The molecule has 0 aliphatic carbocycles. The molecule has 1 amide bonds. The molecule has 1 aromatic heterocycles. The van der Waals surface area contributed by atoms with E-state index in [1.165, 1.54) is 0 Å². The van der Waals surface area contributed by atoms with Crippen LogP contribution in [0.2, 0.25) is 5.02 Å². The van der Waals surface area contributed by atoms with Gasteiger partial charge in [0, 0.05) is 24.1 Å². The van der Waals surface area contributed by atoms with E-state index in [-0.39, 0.29) is 5.91 Å². The molecule has 2 aromatic carbocycles. The zero-order chi connectivity index (χ0) is 19.5.